The van der Waals surface area contributed by atoms with Crippen LogP contribution in [-0.4, -0.2) is 128 Å². The van der Waals surface area contributed by atoms with Crippen molar-refractivity contribution in [2.24, 2.45) is 0 Å². The zero-order valence-corrected chi connectivity index (χ0v) is 33.2. The first-order chi connectivity index (χ1) is 27.0. The number of benzene rings is 3. The second-order valence-electron chi connectivity index (χ2n) is 15.0. The molecule has 56 heavy (non-hydrogen) atoms. The van der Waals surface area contributed by atoms with Gasteiger partial charge in [-0.3, -0.25) is 9.59 Å². The largest absolute Gasteiger partial charge is 0.493 e. The molecule has 2 unspecified atom stereocenters. The number of hydrogen-bond donors (Lipinski definition) is 2. The van der Waals surface area contributed by atoms with Crippen LogP contribution in [-0.2, 0) is 16.0 Å². The van der Waals surface area contributed by atoms with Crippen LogP contribution < -0.4 is 24.0 Å². The van der Waals surface area contributed by atoms with E-state index in [0.717, 1.165) is 46.4 Å². The van der Waals surface area contributed by atoms with Crippen LogP contribution in [0.2, 0.25) is 0 Å². The highest BCUT2D eigenvalue weighted by molar-refractivity contribution is 7.80. The molecule has 0 bridgehead atoms. The zero-order valence-electron chi connectivity index (χ0n) is 32.3. The number of nitrogens with zero attached hydrogens (tertiary/aromatic N) is 5. The standard InChI is InChI=1S/C41H51N5O9S/c1-26(56)25-54-41(51)46-33-24-36(35(52-3)22-30(33)38(48)45-15-9-12-31(45)39(46)49)53-21-8-4-5-13-37(47)44-16-14-28-27-10-6-7-11-29(27)34(23-32(28)44)55-40(50)43-19-17-42(2)18-20-43/h6-7,10-11,22-24,26,31,39,49,56H,4-5,8-9,12-21,25H2,1-3H3/t26?,31-,39?/m0/s1. The Labute approximate surface area is 332 Å². The van der Waals surface area contributed by atoms with Gasteiger partial charge < -0.3 is 43.7 Å². The molecule has 14 nitrogen and oxygen atoms in total. The molecular weight excluding hydrogens is 739 g/mol. The molecule has 4 aliphatic heterocycles. The van der Waals surface area contributed by atoms with E-state index in [1.165, 1.54) is 7.11 Å². The van der Waals surface area contributed by atoms with E-state index in [0.29, 0.717) is 82.0 Å². The van der Waals surface area contributed by atoms with E-state index < -0.39 is 18.4 Å². The number of hydrogen-bond acceptors (Lipinski definition) is 11. The van der Waals surface area contributed by atoms with Crippen molar-refractivity contribution in [3.63, 3.8) is 0 Å². The Morgan fingerprint density at radius 3 is 2.41 bits per heavy atom. The fourth-order valence-electron chi connectivity index (χ4n) is 8.08. The second-order valence-corrected chi connectivity index (χ2v) is 15.9. The van der Waals surface area contributed by atoms with Gasteiger partial charge >= 0.3 is 12.2 Å². The first-order valence-electron chi connectivity index (χ1n) is 19.5. The fraction of sp³-hybridized carbons (Fsp3) is 0.512. The lowest BCUT2D eigenvalue weighted by Crippen LogP contribution is -2.51. The lowest BCUT2D eigenvalue weighted by atomic mass is 10.0. The number of rotatable bonds is 11. The summed E-state index contributed by atoms with van der Waals surface area (Å²) in [4.78, 5) is 62.3. The number of unbranched alkanes of at least 4 members (excludes halogenated alkanes) is 2. The van der Waals surface area contributed by atoms with Crippen LogP contribution in [0.1, 0.15) is 61.4 Å². The van der Waals surface area contributed by atoms with E-state index in [2.05, 4.69) is 17.5 Å². The van der Waals surface area contributed by atoms with E-state index in [-0.39, 0.29) is 47.6 Å². The van der Waals surface area contributed by atoms with Crippen LogP contribution >= 0.6 is 12.6 Å². The van der Waals surface area contributed by atoms with Crippen LogP contribution in [0.25, 0.3) is 10.8 Å². The summed E-state index contributed by atoms with van der Waals surface area (Å²) in [5.41, 5.74) is 2.26. The van der Waals surface area contributed by atoms with Crippen molar-refractivity contribution in [3.05, 3.63) is 53.6 Å². The van der Waals surface area contributed by atoms with Gasteiger partial charge in [-0.05, 0) is 62.6 Å². The summed E-state index contributed by atoms with van der Waals surface area (Å²) in [7, 11) is 3.52. The van der Waals surface area contributed by atoms with Gasteiger partial charge in [0.05, 0.1) is 36.7 Å². The molecule has 7 rings (SSSR count). The van der Waals surface area contributed by atoms with Gasteiger partial charge in [-0.2, -0.15) is 12.6 Å². The number of likely N-dealkylation sites (N-methyl/N-ethyl adjacent to an activating group) is 1. The minimum absolute atomic E-state index is 0.00624. The molecule has 3 atom stereocenters. The topological polar surface area (TPSA) is 142 Å². The van der Waals surface area contributed by atoms with Crippen LogP contribution in [0, 0.1) is 0 Å². The molecule has 4 aliphatic rings. The fourth-order valence-corrected chi connectivity index (χ4v) is 8.16. The Morgan fingerprint density at radius 2 is 1.66 bits per heavy atom. The van der Waals surface area contributed by atoms with Crippen molar-refractivity contribution < 1.29 is 43.2 Å². The number of fused-ring (bicyclic) bond motifs is 5. The summed E-state index contributed by atoms with van der Waals surface area (Å²) in [6, 6.07) is 12.2. The average Bonchev–Trinajstić information content (AvgIpc) is 3.85. The smallest absolute Gasteiger partial charge is 0.416 e. The number of aliphatic hydroxyl groups is 1. The number of carbonyl (C=O) groups excluding carboxylic acids is 4. The maximum Gasteiger partial charge on any atom is 0.416 e. The Kier molecular flexibility index (Phi) is 12.1. The molecule has 2 fully saturated rings. The molecule has 1 N–H and O–H groups in total. The summed E-state index contributed by atoms with van der Waals surface area (Å²) in [5.74, 6) is 0.803. The highest BCUT2D eigenvalue weighted by atomic mass is 32.1. The lowest BCUT2D eigenvalue weighted by molar-refractivity contribution is -0.118. The van der Waals surface area contributed by atoms with Crippen LogP contribution in [0.3, 0.4) is 0 Å². The number of piperazine rings is 1. The molecule has 300 valence electrons. The molecular formula is C41H51N5O9S. The van der Waals surface area contributed by atoms with Crippen molar-refractivity contribution in [2.45, 2.75) is 69.4 Å². The minimum atomic E-state index is -1.31. The van der Waals surface area contributed by atoms with Gasteiger partial charge in [-0.15, -0.1) is 0 Å². The summed E-state index contributed by atoms with van der Waals surface area (Å²) < 4.78 is 23.2. The van der Waals surface area contributed by atoms with Gasteiger partial charge in [0.1, 0.15) is 12.4 Å². The number of methoxy groups -OCH3 is 1. The SMILES string of the molecule is COc1cc2c(cc1OCCCCCC(=O)N1CCc3c1cc(OC(=O)N1CCN(C)CC1)c1ccccc31)N(C(=O)OCC(C)S)C(O)[C@@H]1CCCN1C2=O. The van der Waals surface area contributed by atoms with Gasteiger partial charge in [0.25, 0.3) is 5.91 Å². The predicted molar refractivity (Wildman–Crippen MR) is 214 cm³/mol. The molecule has 4 amide bonds. The summed E-state index contributed by atoms with van der Waals surface area (Å²) in [5, 5.41) is 13.0. The maximum absolute atomic E-state index is 13.7. The Morgan fingerprint density at radius 1 is 0.911 bits per heavy atom. The highest BCUT2D eigenvalue weighted by Crippen LogP contribution is 2.43. The average molecular weight is 790 g/mol. The van der Waals surface area contributed by atoms with E-state index >= 15 is 0 Å². The normalized spacial score (nSPS) is 20.0. The maximum atomic E-state index is 13.7. The number of aliphatic hydroxyl groups excluding tert-OH is 1. The van der Waals surface area contributed by atoms with E-state index in [9.17, 15) is 24.3 Å². The Hall–Kier alpha value is -4.73. The van der Waals surface area contributed by atoms with Crippen molar-refractivity contribution in [3.8, 4) is 17.2 Å². The molecule has 0 aromatic heterocycles. The van der Waals surface area contributed by atoms with Crippen LogP contribution in [0.4, 0.5) is 21.0 Å². The first kappa shape index (κ1) is 39.5. The summed E-state index contributed by atoms with van der Waals surface area (Å²) >= 11 is 4.31. The highest BCUT2D eigenvalue weighted by Gasteiger charge is 2.45. The number of carbonyl (C=O) groups is 4. The van der Waals surface area contributed by atoms with E-state index in [1.807, 2.05) is 37.4 Å². The first-order valence-corrected chi connectivity index (χ1v) is 20.1. The molecule has 4 heterocycles. The number of anilines is 2. The summed E-state index contributed by atoms with van der Waals surface area (Å²) in [6.07, 6.45) is 1.81. The Balaban J connectivity index is 0.985. The molecule has 0 radical (unpaired) electrons. The predicted octanol–water partition coefficient (Wildman–Crippen LogP) is 5.32. The third-order valence-electron chi connectivity index (χ3n) is 11.1. The van der Waals surface area contributed by atoms with Crippen LogP contribution in [0.5, 0.6) is 17.2 Å². The van der Waals surface area contributed by atoms with Gasteiger partial charge in [0.2, 0.25) is 5.91 Å². The van der Waals surface area contributed by atoms with Gasteiger partial charge in [0.15, 0.2) is 17.7 Å². The number of ether oxygens (including phenoxy) is 4. The molecule has 0 aliphatic carbocycles. The molecule has 3 aromatic carbocycles. The molecule has 0 spiro atoms. The van der Waals surface area contributed by atoms with Crippen molar-refractivity contribution >= 4 is 58.8 Å². The van der Waals surface area contributed by atoms with Crippen molar-refractivity contribution in [2.75, 3.05) is 76.4 Å². The third-order valence-corrected chi connectivity index (χ3v) is 11.3. The van der Waals surface area contributed by atoms with Crippen molar-refractivity contribution in [1.29, 1.82) is 0 Å². The van der Waals surface area contributed by atoms with Gasteiger partial charge in [0, 0.05) is 68.5 Å². The molecule has 2 saturated heterocycles. The van der Waals surface area contributed by atoms with Gasteiger partial charge in [-0.1, -0.05) is 31.2 Å². The summed E-state index contributed by atoms with van der Waals surface area (Å²) in [6.45, 7) is 5.91. The number of amides is 4. The van der Waals surface area contributed by atoms with E-state index in [1.54, 1.807) is 33.8 Å². The minimum Gasteiger partial charge on any atom is -0.493 e. The van der Waals surface area contributed by atoms with E-state index in [4.69, 9.17) is 18.9 Å². The zero-order chi connectivity index (χ0) is 39.5. The molecule has 3 aromatic rings. The van der Waals surface area contributed by atoms with Crippen molar-refractivity contribution in [1.82, 2.24) is 14.7 Å². The van der Waals surface area contributed by atoms with Crippen LogP contribution in [0.15, 0.2) is 42.5 Å². The molecule has 0 saturated carbocycles. The van der Waals surface area contributed by atoms with Gasteiger partial charge in [-0.25, -0.2) is 14.5 Å². The number of thiol groups is 1. The Bertz CT molecular complexity index is 1970. The molecule has 15 heteroatoms. The lowest BCUT2D eigenvalue weighted by Gasteiger charge is -2.31. The quantitative estimate of drug-likeness (QED) is 0.194. The monoisotopic (exact) mass is 789 g/mol. The third kappa shape index (κ3) is 8.07. The second kappa shape index (κ2) is 17.2.